The molecule has 2 aromatic rings. The standard InChI is InChI=1S/C13H14ClFN4OS/c1-3-11-18-19-13(21-11)17-12(20)7(2)16-8-4-5-10(15)9(14)6-8/h4-7,16H,3H2,1-2H3,(H,17,19,20)/t7-/m1/s1. The quantitative estimate of drug-likeness (QED) is 0.883. The van der Waals surface area contributed by atoms with E-state index in [1.54, 1.807) is 6.92 Å². The second-order valence-electron chi connectivity index (χ2n) is 4.34. The number of halogens is 2. The predicted molar refractivity (Wildman–Crippen MR) is 82.4 cm³/mol. The van der Waals surface area contributed by atoms with Crippen molar-refractivity contribution in [3.8, 4) is 0 Å². The number of amides is 1. The molecule has 112 valence electrons. The van der Waals surface area contributed by atoms with Crippen LogP contribution in [0.2, 0.25) is 5.02 Å². The first-order valence-electron chi connectivity index (χ1n) is 6.34. The molecule has 1 aromatic carbocycles. The molecule has 21 heavy (non-hydrogen) atoms. The summed E-state index contributed by atoms with van der Waals surface area (Å²) >= 11 is 7.03. The third-order valence-electron chi connectivity index (χ3n) is 2.70. The summed E-state index contributed by atoms with van der Waals surface area (Å²) in [5, 5.41) is 14.8. The van der Waals surface area contributed by atoms with E-state index in [0.29, 0.717) is 10.8 Å². The van der Waals surface area contributed by atoms with Crippen molar-refractivity contribution in [2.45, 2.75) is 26.3 Å². The number of hydrogen-bond donors (Lipinski definition) is 2. The minimum absolute atomic E-state index is 0.00400. The van der Waals surface area contributed by atoms with Crippen LogP contribution in [0, 0.1) is 5.82 Å². The first kappa shape index (κ1) is 15.7. The van der Waals surface area contributed by atoms with E-state index in [0.717, 1.165) is 11.4 Å². The fraction of sp³-hybridized carbons (Fsp3) is 0.308. The van der Waals surface area contributed by atoms with E-state index in [-0.39, 0.29) is 10.9 Å². The van der Waals surface area contributed by atoms with Crippen LogP contribution in [-0.2, 0) is 11.2 Å². The molecule has 0 fully saturated rings. The van der Waals surface area contributed by atoms with Crippen molar-refractivity contribution < 1.29 is 9.18 Å². The highest BCUT2D eigenvalue weighted by atomic mass is 35.5. The van der Waals surface area contributed by atoms with Gasteiger partial charge in [-0.05, 0) is 31.5 Å². The molecule has 0 bridgehead atoms. The summed E-state index contributed by atoms with van der Waals surface area (Å²) in [6, 6.07) is 3.67. The zero-order chi connectivity index (χ0) is 15.4. The molecule has 2 rings (SSSR count). The summed E-state index contributed by atoms with van der Waals surface area (Å²) in [6.45, 7) is 3.66. The van der Waals surface area contributed by atoms with E-state index >= 15 is 0 Å². The molecule has 0 unspecified atom stereocenters. The van der Waals surface area contributed by atoms with Crippen molar-refractivity contribution in [3.05, 3.63) is 34.0 Å². The average molecular weight is 329 g/mol. The van der Waals surface area contributed by atoms with Crippen molar-refractivity contribution in [2.24, 2.45) is 0 Å². The van der Waals surface area contributed by atoms with Gasteiger partial charge in [-0.1, -0.05) is 29.9 Å². The number of rotatable bonds is 5. The maximum atomic E-state index is 13.1. The molecule has 1 aromatic heterocycles. The van der Waals surface area contributed by atoms with Crippen LogP contribution in [0.25, 0.3) is 0 Å². The topological polar surface area (TPSA) is 66.9 Å². The molecule has 5 nitrogen and oxygen atoms in total. The number of aromatic nitrogens is 2. The minimum Gasteiger partial charge on any atom is -0.374 e. The highest BCUT2D eigenvalue weighted by molar-refractivity contribution is 7.15. The van der Waals surface area contributed by atoms with Crippen LogP contribution in [-0.4, -0.2) is 22.1 Å². The first-order valence-corrected chi connectivity index (χ1v) is 7.54. The van der Waals surface area contributed by atoms with Crippen LogP contribution in [0.15, 0.2) is 18.2 Å². The van der Waals surface area contributed by atoms with Gasteiger partial charge in [0.25, 0.3) is 0 Å². The third-order valence-corrected chi connectivity index (χ3v) is 3.97. The predicted octanol–water partition coefficient (Wildman–Crippen LogP) is 3.33. The number of carbonyl (C=O) groups excluding carboxylic acids is 1. The SMILES string of the molecule is CCc1nnc(NC(=O)[C@@H](C)Nc2ccc(F)c(Cl)c2)s1. The van der Waals surface area contributed by atoms with Gasteiger partial charge in [-0.15, -0.1) is 10.2 Å². The van der Waals surface area contributed by atoms with Crippen molar-refractivity contribution in [1.29, 1.82) is 0 Å². The van der Waals surface area contributed by atoms with Gasteiger partial charge < -0.3 is 5.32 Å². The lowest BCUT2D eigenvalue weighted by molar-refractivity contribution is -0.116. The summed E-state index contributed by atoms with van der Waals surface area (Å²) in [6.07, 6.45) is 0.773. The number of carbonyl (C=O) groups is 1. The smallest absolute Gasteiger partial charge is 0.248 e. The molecule has 1 atom stereocenters. The summed E-state index contributed by atoms with van der Waals surface area (Å²) in [4.78, 5) is 12.0. The summed E-state index contributed by atoms with van der Waals surface area (Å²) < 4.78 is 13.1. The van der Waals surface area contributed by atoms with Gasteiger partial charge in [-0.3, -0.25) is 10.1 Å². The Hall–Kier alpha value is -1.73. The Labute approximate surface area is 130 Å². The Morgan fingerprint density at radius 2 is 2.24 bits per heavy atom. The molecule has 1 amide bonds. The first-order chi connectivity index (χ1) is 9.99. The van der Waals surface area contributed by atoms with Crippen molar-refractivity contribution in [2.75, 3.05) is 10.6 Å². The second kappa shape index (κ2) is 6.82. The fourth-order valence-corrected chi connectivity index (χ4v) is 2.43. The van der Waals surface area contributed by atoms with E-state index in [1.807, 2.05) is 6.92 Å². The molecule has 0 saturated heterocycles. The monoisotopic (exact) mass is 328 g/mol. The Balaban J connectivity index is 1.97. The third kappa shape index (κ3) is 4.12. The molecule has 1 heterocycles. The Morgan fingerprint density at radius 1 is 1.48 bits per heavy atom. The maximum absolute atomic E-state index is 13.1. The number of nitrogens with zero attached hydrogens (tertiary/aromatic N) is 2. The number of benzene rings is 1. The molecule has 0 radical (unpaired) electrons. The zero-order valence-corrected chi connectivity index (χ0v) is 13.1. The van der Waals surface area contributed by atoms with Gasteiger partial charge in [0.15, 0.2) is 0 Å². The lowest BCUT2D eigenvalue weighted by atomic mass is 10.2. The molecular formula is C13H14ClFN4OS. The van der Waals surface area contributed by atoms with E-state index in [1.165, 1.54) is 29.5 Å². The summed E-state index contributed by atoms with van der Waals surface area (Å²) in [5.74, 6) is -0.755. The molecular weight excluding hydrogens is 315 g/mol. The van der Waals surface area contributed by atoms with E-state index in [9.17, 15) is 9.18 Å². The normalized spacial score (nSPS) is 12.0. The van der Waals surface area contributed by atoms with Gasteiger partial charge in [0, 0.05) is 5.69 Å². The van der Waals surface area contributed by atoms with Crippen molar-refractivity contribution in [1.82, 2.24) is 10.2 Å². The molecule has 0 aliphatic rings. The van der Waals surface area contributed by atoms with Crippen LogP contribution in [0.5, 0.6) is 0 Å². The highest BCUT2D eigenvalue weighted by Crippen LogP contribution is 2.20. The zero-order valence-electron chi connectivity index (χ0n) is 11.5. The second-order valence-corrected chi connectivity index (χ2v) is 5.81. The number of aryl methyl sites for hydroxylation is 1. The molecule has 0 spiro atoms. The van der Waals surface area contributed by atoms with Gasteiger partial charge in [0.05, 0.1) is 5.02 Å². The van der Waals surface area contributed by atoms with Gasteiger partial charge in [0.2, 0.25) is 11.0 Å². The summed E-state index contributed by atoms with van der Waals surface area (Å²) in [7, 11) is 0. The lowest BCUT2D eigenvalue weighted by Crippen LogP contribution is -2.31. The van der Waals surface area contributed by atoms with Crippen molar-refractivity contribution >= 4 is 39.7 Å². The molecule has 0 aliphatic carbocycles. The number of hydrogen-bond acceptors (Lipinski definition) is 5. The minimum atomic E-state index is -0.527. The van der Waals surface area contributed by atoms with Gasteiger partial charge in [0.1, 0.15) is 16.9 Å². The van der Waals surface area contributed by atoms with Crippen LogP contribution >= 0.6 is 22.9 Å². The Bertz CT molecular complexity index is 649. The average Bonchev–Trinajstić information content (AvgIpc) is 2.90. The van der Waals surface area contributed by atoms with Crippen LogP contribution in [0.4, 0.5) is 15.2 Å². The fourth-order valence-electron chi connectivity index (χ4n) is 1.56. The summed E-state index contributed by atoms with van der Waals surface area (Å²) in [5.41, 5.74) is 0.565. The van der Waals surface area contributed by atoms with E-state index < -0.39 is 11.9 Å². The van der Waals surface area contributed by atoms with Crippen LogP contribution in [0.3, 0.4) is 0 Å². The van der Waals surface area contributed by atoms with E-state index in [2.05, 4.69) is 20.8 Å². The molecule has 0 aliphatic heterocycles. The van der Waals surface area contributed by atoms with Gasteiger partial charge in [-0.2, -0.15) is 0 Å². The van der Waals surface area contributed by atoms with Gasteiger partial charge in [-0.25, -0.2) is 4.39 Å². The number of nitrogens with one attached hydrogen (secondary N) is 2. The number of anilines is 2. The van der Waals surface area contributed by atoms with E-state index in [4.69, 9.17) is 11.6 Å². The van der Waals surface area contributed by atoms with Gasteiger partial charge >= 0.3 is 0 Å². The van der Waals surface area contributed by atoms with Crippen molar-refractivity contribution in [3.63, 3.8) is 0 Å². The molecule has 2 N–H and O–H groups in total. The largest absolute Gasteiger partial charge is 0.374 e. The Morgan fingerprint density at radius 3 is 2.86 bits per heavy atom. The molecule has 8 heteroatoms. The lowest BCUT2D eigenvalue weighted by Gasteiger charge is -2.14. The highest BCUT2D eigenvalue weighted by Gasteiger charge is 2.15. The molecule has 0 saturated carbocycles. The van der Waals surface area contributed by atoms with Crippen LogP contribution < -0.4 is 10.6 Å². The maximum Gasteiger partial charge on any atom is 0.248 e. The Kier molecular flexibility index (Phi) is 5.08. The van der Waals surface area contributed by atoms with Crippen LogP contribution in [0.1, 0.15) is 18.9 Å².